The number of hydrogen-bond donors (Lipinski definition) is 1. The van der Waals surface area contributed by atoms with Crippen molar-refractivity contribution in [2.45, 2.75) is 72.5 Å². The molecule has 0 aliphatic carbocycles. The summed E-state index contributed by atoms with van der Waals surface area (Å²) in [7, 11) is 0. The molecule has 2 N–H and O–H groups in total. The molecule has 0 saturated heterocycles. The van der Waals surface area contributed by atoms with Gasteiger partial charge in [-0.15, -0.1) is 17.9 Å². The van der Waals surface area contributed by atoms with Crippen LogP contribution in [0.4, 0.5) is 13.2 Å². The van der Waals surface area contributed by atoms with E-state index in [1.807, 2.05) is 71.2 Å². The van der Waals surface area contributed by atoms with Crippen molar-refractivity contribution in [3.05, 3.63) is 94.2 Å². The molecule has 2 unspecified atom stereocenters. The summed E-state index contributed by atoms with van der Waals surface area (Å²) in [5.74, 6) is 6.24. The summed E-state index contributed by atoms with van der Waals surface area (Å²) in [5.41, 5.74) is 8.15. The summed E-state index contributed by atoms with van der Waals surface area (Å²) in [4.78, 5) is 5.68. The van der Waals surface area contributed by atoms with Crippen LogP contribution in [-0.2, 0) is 11.7 Å². The van der Waals surface area contributed by atoms with Crippen LogP contribution in [0.3, 0.4) is 0 Å². The fraction of sp³-hybridized carbons (Fsp3) is 0.344. The second-order valence-corrected chi connectivity index (χ2v) is 9.08. The maximum absolute atomic E-state index is 13.1. The number of amidine groups is 1. The minimum atomic E-state index is -4.39. The van der Waals surface area contributed by atoms with E-state index >= 15 is 0 Å². The highest BCUT2D eigenvalue weighted by molar-refractivity contribution is 7.10. The van der Waals surface area contributed by atoms with Crippen LogP contribution in [0.25, 0.3) is 11.1 Å². The van der Waals surface area contributed by atoms with E-state index < -0.39 is 17.3 Å². The molecule has 1 heterocycles. The van der Waals surface area contributed by atoms with Gasteiger partial charge in [-0.2, -0.15) is 13.2 Å². The first kappa shape index (κ1) is 32.7. The van der Waals surface area contributed by atoms with Gasteiger partial charge in [-0.05, 0) is 66.2 Å². The van der Waals surface area contributed by atoms with Gasteiger partial charge in [-0.1, -0.05) is 76.8 Å². The fourth-order valence-corrected chi connectivity index (χ4v) is 5.00. The third-order valence-corrected chi connectivity index (χ3v) is 6.71. The highest BCUT2D eigenvalue weighted by Crippen LogP contribution is 2.45. The lowest BCUT2D eigenvalue weighted by atomic mass is 9.79. The van der Waals surface area contributed by atoms with Gasteiger partial charge in [0.05, 0.1) is 11.4 Å². The number of alkyl halides is 3. The Morgan fingerprint density at radius 1 is 1.05 bits per heavy atom. The first-order valence-electron chi connectivity index (χ1n) is 12.9. The van der Waals surface area contributed by atoms with Crippen molar-refractivity contribution in [2.75, 3.05) is 0 Å². The van der Waals surface area contributed by atoms with Crippen molar-refractivity contribution in [2.24, 2.45) is 10.7 Å². The summed E-state index contributed by atoms with van der Waals surface area (Å²) in [5, 5.41) is 2.05. The molecule has 2 atom stereocenters. The van der Waals surface area contributed by atoms with Crippen LogP contribution in [0.1, 0.15) is 82.4 Å². The zero-order valence-electron chi connectivity index (χ0n) is 23.4. The second-order valence-electron chi connectivity index (χ2n) is 8.17. The molecule has 1 aromatic heterocycles. The number of thiophene rings is 1. The lowest BCUT2D eigenvalue weighted by molar-refractivity contribution is -0.137. The van der Waals surface area contributed by atoms with E-state index in [0.717, 1.165) is 40.1 Å². The Hall–Kier alpha value is -3.30. The molecule has 3 aromatic rings. The van der Waals surface area contributed by atoms with Crippen LogP contribution in [0.5, 0.6) is 0 Å². The molecule has 0 bridgehead atoms. The maximum atomic E-state index is 13.1. The van der Waals surface area contributed by atoms with Gasteiger partial charge in [0.2, 0.25) is 0 Å². The number of benzene rings is 2. The van der Waals surface area contributed by atoms with Gasteiger partial charge in [0.15, 0.2) is 0 Å². The molecule has 2 nitrogen and oxygen atoms in total. The number of nitrogens with zero attached hydrogens (tertiary/aromatic N) is 1. The van der Waals surface area contributed by atoms with Gasteiger partial charge >= 0.3 is 6.18 Å². The van der Waals surface area contributed by atoms with E-state index in [2.05, 4.69) is 24.5 Å². The predicted octanol–water partition coefficient (Wildman–Crippen LogP) is 9.81. The van der Waals surface area contributed by atoms with Gasteiger partial charge in [-0.3, -0.25) is 4.99 Å². The SMILES string of the molecule is C=CC(c1ccc(C(F)(F)F)cc1)C(C)(N=C(C)N)c1cc(-c2cccc(C#CCC)c2)cs1.CC.CC. The summed E-state index contributed by atoms with van der Waals surface area (Å²) in [6.07, 6.45) is -1.89. The summed E-state index contributed by atoms with van der Waals surface area (Å²) in [6, 6.07) is 15.2. The molecule has 204 valence electrons. The number of halogens is 3. The fourth-order valence-electron chi connectivity index (χ4n) is 3.93. The normalized spacial score (nSPS) is 13.4. The summed E-state index contributed by atoms with van der Waals surface area (Å²) in [6.45, 7) is 17.6. The van der Waals surface area contributed by atoms with Crippen LogP contribution >= 0.6 is 11.3 Å². The van der Waals surface area contributed by atoms with Gasteiger partial charge in [0, 0.05) is 22.8 Å². The molecule has 0 fully saturated rings. The molecule has 2 aromatic carbocycles. The van der Waals surface area contributed by atoms with Crippen LogP contribution < -0.4 is 5.73 Å². The lowest BCUT2D eigenvalue weighted by Gasteiger charge is -2.32. The molecule has 0 saturated carbocycles. The Morgan fingerprint density at radius 3 is 2.21 bits per heavy atom. The minimum Gasteiger partial charge on any atom is -0.388 e. The van der Waals surface area contributed by atoms with Crippen molar-refractivity contribution in [1.29, 1.82) is 0 Å². The quantitative estimate of drug-likeness (QED) is 0.144. The summed E-state index contributed by atoms with van der Waals surface area (Å²) < 4.78 is 39.2. The maximum Gasteiger partial charge on any atom is 0.416 e. The second kappa shape index (κ2) is 15.2. The first-order valence-corrected chi connectivity index (χ1v) is 13.8. The number of aliphatic imine (C=N–C) groups is 1. The van der Waals surface area contributed by atoms with E-state index in [4.69, 9.17) is 10.7 Å². The third-order valence-electron chi connectivity index (χ3n) is 5.55. The van der Waals surface area contributed by atoms with E-state index in [9.17, 15) is 13.2 Å². The summed E-state index contributed by atoms with van der Waals surface area (Å²) >= 11 is 1.54. The molecule has 0 aliphatic heterocycles. The van der Waals surface area contributed by atoms with E-state index in [-0.39, 0.29) is 5.92 Å². The smallest absolute Gasteiger partial charge is 0.388 e. The van der Waals surface area contributed by atoms with Crippen LogP contribution in [-0.4, -0.2) is 5.84 Å². The minimum absolute atomic E-state index is 0.382. The van der Waals surface area contributed by atoms with Crippen molar-refractivity contribution in [3.8, 4) is 23.0 Å². The van der Waals surface area contributed by atoms with Gasteiger partial charge in [0.25, 0.3) is 0 Å². The van der Waals surface area contributed by atoms with Gasteiger partial charge in [0.1, 0.15) is 5.54 Å². The number of nitrogens with two attached hydrogens (primary N) is 1. The van der Waals surface area contributed by atoms with Crippen LogP contribution in [0, 0.1) is 11.8 Å². The van der Waals surface area contributed by atoms with E-state index in [1.165, 1.54) is 23.5 Å². The zero-order chi connectivity index (χ0) is 28.9. The van der Waals surface area contributed by atoms with Crippen molar-refractivity contribution >= 4 is 17.2 Å². The van der Waals surface area contributed by atoms with Crippen molar-refractivity contribution in [1.82, 2.24) is 0 Å². The Kier molecular flexibility index (Phi) is 13.1. The van der Waals surface area contributed by atoms with Crippen LogP contribution in [0.15, 0.2) is 77.6 Å². The molecular weight excluding hydrogens is 501 g/mol. The van der Waals surface area contributed by atoms with E-state index in [1.54, 1.807) is 13.0 Å². The van der Waals surface area contributed by atoms with Gasteiger partial charge < -0.3 is 5.73 Å². The standard InChI is InChI=1S/C28H27F3N2S.2C2H6/c1-5-7-9-20-10-8-11-22(16-20)23-17-26(34-18-23)27(4,33-19(3)32)25(6-2)21-12-14-24(15-13-21)28(29,30)31;2*1-2/h6,8,10-18,25H,2,5H2,1,3-4H3,(H2,32,33);2*1-2H3. The topological polar surface area (TPSA) is 38.4 Å². The average Bonchev–Trinajstić information content (AvgIpc) is 3.41. The first-order chi connectivity index (χ1) is 18.1. The Morgan fingerprint density at radius 2 is 1.68 bits per heavy atom. The molecule has 0 radical (unpaired) electrons. The third kappa shape index (κ3) is 8.36. The largest absolute Gasteiger partial charge is 0.416 e. The molecule has 3 rings (SSSR count). The monoisotopic (exact) mass is 540 g/mol. The molecule has 38 heavy (non-hydrogen) atoms. The number of rotatable bonds is 6. The Balaban J connectivity index is 0.00000172. The number of hydrogen-bond acceptors (Lipinski definition) is 2. The Bertz CT molecular complexity index is 1240. The van der Waals surface area contributed by atoms with Crippen molar-refractivity contribution in [3.63, 3.8) is 0 Å². The van der Waals surface area contributed by atoms with Crippen LogP contribution in [0.2, 0.25) is 0 Å². The molecule has 6 heteroatoms. The Labute approximate surface area is 230 Å². The van der Waals surface area contributed by atoms with Gasteiger partial charge in [-0.25, -0.2) is 0 Å². The molecule has 0 amide bonds. The highest BCUT2D eigenvalue weighted by atomic mass is 32.1. The zero-order valence-corrected chi connectivity index (χ0v) is 24.2. The van der Waals surface area contributed by atoms with E-state index in [0.29, 0.717) is 11.4 Å². The highest BCUT2D eigenvalue weighted by Gasteiger charge is 2.37. The molecular formula is C32H39F3N2S. The molecule has 0 spiro atoms. The average molecular weight is 541 g/mol. The lowest BCUT2D eigenvalue weighted by Crippen LogP contribution is -2.29. The van der Waals surface area contributed by atoms with Crippen molar-refractivity contribution < 1.29 is 13.2 Å². The molecule has 0 aliphatic rings. The predicted molar refractivity (Wildman–Crippen MR) is 159 cm³/mol.